The van der Waals surface area contributed by atoms with Crippen molar-refractivity contribution >= 4 is 17.3 Å². The van der Waals surface area contributed by atoms with Crippen LogP contribution in [-0.4, -0.2) is 44.2 Å². The van der Waals surface area contributed by atoms with Crippen LogP contribution in [0, 0.1) is 0 Å². The Hall–Kier alpha value is -1.75. The molecule has 1 aromatic carbocycles. The molecule has 0 saturated heterocycles. The van der Waals surface area contributed by atoms with Crippen LogP contribution in [0.4, 0.5) is 11.4 Å². The van der Waals surface area contributed by atoms with E-state index in [1.54, 1.807) is 18.2 Å². The number of anilines is 2. The number of nitrogens with two attached hydrogens (primary N) is 1. The Kier molecular flexibility index (Phi) is 7.02. The number of nitrogens with one attached hydrogen (secondary N) is 1. The van der Waals surface area contributed by atoms with Crippen LogP contribution in [0.5, 0.6) is 0 Å². The van der Waals surface area contributed by atoms with E-state index in [0.29, 0.717) is 17.3 Å². The van der Waals surface area contributed by atoms with Gasteiger partial charge in [-0.05, 0) is 58.5 Å². The average molecular weight is 293 g/mol. The summed E-state index contributed by atoms with van der Waals surface area (Å²) in [6.07, 6.45) is 2.18. The number of methoxy groups -OCH3 is 1. The third kappa shape index (κ3) is 5.63. The molecule has 0 aliphatic heterocycles. The molecular weight excluding hydrogens is 266 g/mol. The fraction of sp³-hybridized carbons (Fsp3) is 0.562. The van der Waals surface area contributed by atoms with Gasteiger partial charge in [-0.1, -0.05) is 0 Å². The lowest BCUT2D eigenvalue weighted by Gasteiger charge is -2.20. The predicted octanol–water partition coefficient (Wildman–Crippen LogP) is 2.59. The SMILES string of the molecule is COC(=O)c1ccc(N)c(NCCCCN(C)C(C)C)c1. The first-order valence-corrected chi connectivity index (χ1v) is 7.37. The Morgan fingerprint density at radius 3 is 2.71 bits per heavy atom. The van der Waals surface area contributed by atoms with Crippen LogP contribution in [0.25, 0.3) is 0 Å². The zero-order valence-corrected chi connectivity index (χ0v) is 13.5. The molecule has 0 fully saturated rings. The summed E-state index contributed by atoms with van der Waals surface area (Å²) >= 11 is 0. The molecule has 0 bridgehead atoms. The van der Waals surface area contributed by atoms with Crippen molar-refractivity contribution < 1.29 is 9.53 Å². The van der Waals surface area contributed by atoms with Crippen molar-refractivity contribution in [2.45, 2.75) is 32.7 Å². The second kappa shape index (κ2) is 8.52. The Labute approximate surface area is 127 Å². The number of hydrogen-bond acceptors (Lipinski definition) is 5. The second-order valence-electron chi connectivity index (χ2n) is 5.50. The van der Waals surface area contributed by atoms with Gasteiger partial charge in [-0.25, -0.2) is 4.79 Å². The third-order valence-electron chi connectivity index (χ3n) is 3.61. The van der Waals surface area contributed by atoms with E-state index in [4.69, 9.17) is 10.5 Å². The number of carbonyl (C=O) groups excluding carboxylic acids is 1. The second-order valence-corrected chi connectivity index (χ2v) is 5.50. The summed E-state index contributed by atoms with van der Waals surface area (Å²) in [5, 5.41) is 3.28. The number of ether oxygens (including phenoxy) is 1. The number of unbranched alkanes of at least 4 members (excludes halogenated alkanes) is 1. The average Bonchev–Trinajstić information content (AvgIpc) is 2.47. The number of hydrogen-bond donors (Lipinski definition) is 2. The highest BCUT2D eigenvalue weighted by atomic mass is 16.5. The molecule has 0 spiro atoms. The molecule has 21 heavy (non-hydrogen) atoms. The van der Waals surface area contributed by atoms with Gasteiger partial charge in [0.2, 0.25) is 0 Å². The number of nitrogen functional groups attached to an aromatic ring is 1. The zero-order chi connectivity index (χ0) is 15.8. The van der Waals surface area contributed by atoms with Crippen LogP contribution < -0.4 is 11.1 Å². The van der Waals surface area contributed by atoms with Crippen LogP contribution in [-0.2, 0) is 4.74 Å². The molecule has 0 unspecified atom stereocenters. The first-order valence-electron chi connectivity index (χ1n) is 7.37. The quantitative estimate of drug-likeness (QED) is 0.438. The first-order chi connectivity index (χ1) is 9.95. The summed E-state index contributed by atoms with van der Waals surface area (Å²) in [7, 11) is 3.51. The molecular formula is C16H27N3O2. The van der Waals surface area contributed by atoms with Crippen LogP contribution >= 0.6 is 0 Å². The maximum absolute atomic E-state index is 11.5. The van der Waals surface area contributed by atoms with E-state index in [2.05, 4.69) is 31.1 Å². The van der Waals surface area contributed by atoms with Crippen LogP contribution in [0.3, 0.4) is 0 Å². The highest BCUT2D eigenvalue weighted by molar-refractivity contribution is 5.91. The summed E-state index contributed by atoms with van der Waals surface area (Å²) in [4.78, 5) is 13.8. The minimum absolute atomic E-state index is 0.350. The van der Waals surface area contributed by atoms with Crippen molar-refractivity contribution in [1.82, 2.24) is 4.90 Å². The Bertz CT molecular complexity index is 461. The minimum atomic E-state index is -0.350. The van der Waals surface area contributed by atoms with Gasteiger partial charge < -0.3 is 20.7 Å². The molecule has 5 nitrogen and oxygen atoms in total. The van der Waals surface area contributed by atoms with Gasteiger partial charge in [-0.2, -0.15) is 0 Å². The molecule has 1 rings (SSSR count). The van der Waals surface area contributed by atoms with Gasteiger partial charge in [0.1, 0.15) is 0 Å². The predicted molar refractivity (Wildman–Crippen MR) is 87.7 cm³/mol. The molecule has 0 saturated carbocycles. The molecule has 0 amide bonds. The molecule has 118 valence electrons. The largest absolute Gasteiger partial charge is 0.465 e. The fourth-order valence-corrected chi connectivity index (χ4v) is 1.92. The topological polar surface area (TPSA) is 67.6 Å². The lowest BCUT2D eigenvalue weighted by Crippen LogP contribution is -2.27. The molecule has 5 heteroatoms. The van der Waals surface area contributed by atoms with Gasteiger partial charge in [0.25, 0.3) is 0 Å². The Morgan fingerprint density at radius 2 is 2.10 bits per heavy atom. The summed E-state index contributed by atoms with van der Waals surface area (Å²) in [5.41, 5.74) is 7.85. The molecule has 1 aromatic rings. The number of rotatable bonds is 8. The summed E-state index contributed by atoms with van der Waals surface area (Å²) in [5.74, 6) is -0.350. The summed E-state index contributed by atoms with van der Waals surface area (Å²) in [6.45, 7) is 6.30. The van der Waals surface area contributed by atoms with Gasteiger partial charge in [-0.15, -0.1) is 0 Å². The number of benzene rings is 1. The molecule has 3 N–H and O–H groups in total. The number of nitrogens with zero attached hydrogens (tertiary/aromatic N) is 1. The Morgan fingerprint density at radius 1 is 1.38 bits per heavy atom. The van der Waals surface area contributed by atoms with Crippen molar-refractivity contribution in [2.75, 3.05) is 38.3 Å². The van der Waals surface area contributed by atoms with Crippen molar-refractivity contribution in [1.29, 1.82) is 0 Å². The Balaban J connectivity index is 2.43. The van der Waals surface area contributed by atoms with Gasteiger partial charge in [0.15, 0.2) is 0 Å². The zero-order valence-electron chi connectivity index (χ0n) is 13.5. The highest BCUT2D eigenvalue weighted by Gasteiger charge is 2.08. The van der Waals surface area contributed by atoms with E-state index in [-0.39, 0.29) is 5.97 Å². The maximum Gasteiger partial charge on any atom is 0.337 e. The van der Waals surface area contributed by atoms with E-state index in [1.165, 1.54) is 7.11 Å². The summed E-state index contributed by atoms with van der Waals surface area (Å²) in [6, 6.07) is 5.71. The molecule has 0 aromatic heterocycles. The molecule has 0 heterocycles. The molecule has 0 radical (unpaired) electrons. The van der Waals surface area contributed by atoms with Crippen molar-refractivity contribution in [3.8, 4) is 0 Å². The minimum Gasteiger partial charge on any atom is -0.465 e. The van der Waals surface area contributed by atoms with Crippen LogP contribution in [0.2, 0.25) is 0 Å². The van der Waals surface area contributed by atoms with Crippen molar-refractivity contribution in [3.63, 3.8) is 0 Å². The lowest BCUT2D eigenvalue weighted by molar-refractivity contribution is 0.0601. The molecule has 0 aliphatic rings. The molecule has 0 atom stereocenters. The van der Waals surface area contributed by atoms with E-state index < -0.39 is 0 Å². The monoisotopic (exact) mass is 293 g/mol. The maximum atomic E-state index is 11.5. The van der Waals surface area contributed by atoms with E-state index in [1.807, 2.05) is 0 Å². The van der Waals surface area contributed by atoms with E-state index in [0.717, 1.165) is 31.6 Å². The smallest absolute Gasteiger partial charge is 0.337 e. The van der Waals surface area contributed by atoms with Crippen LogP contribution in [0.15, 0.2) is 18.2 Å². The highest BCUT2D eigenvalue weighted by Crippen LogP contribution is 2.20. The standard InChI is InChI=1S/C16H27N3O2/c1-12(2)19(3)10-6-5-9-18-15-11-13(16(20)21-4)7-8-14(15)17/h7-8,11-12,18H,5-6,9-10,17H2,1-4H3. The van der Waals surface area contributed by atoms with Crippen molar-refractivity contribution in [2.24, 2.45) is 0 Å². The summed E-state index contributed by atoms with van der Waals surface area (Å²) < 4.78 is 4.71. The van der Waals surface area contributed by atoms with E-state index >= 15 is 0 Å². The normalized spacial score (nSPS) is 11.0. The number of esters is 1. The van der Waals surface area contributed by atoms with Gasteiger partial charge >= 0.3 is 5.97 Å². The van der Waals surface area contributed by atoms with Crippen LogP contribution in [0.1, 0.15) is 37.0 Å². The van der Waals surface area contributed by atoms with Gasteiger partial charge in [-0.3, -0.25) is 0 Å². The fourth-order valence-electron chi connectivity index (χ4n) is 1.92. The van der Waals surface area contributed by atoms with Gasteiger partial charge in [0, 0.05) is 12.6 Å². The third-order valence-corrected chi connectivity index (χ3v) is 3.61. The van der Waals surface area contributed by atoms with E-state index in [9.17, 15) is 4.79 Å². The van der Waals surface area contributed by atoms with Crippen molar-refractivity contribution in [3.05, 3.63) is 23.8 Å². The first kappa shape index (κ1) is 17.3. The van der Waals surface area contributed by atoms with Gasteiger partial charge in [0.05, 0.1) is 24.0 Å². The number of carbonyl (C=O) groups is 1. The molecule has 0 aliphatic carbocycles. The lowest BCUT2D eigenvalue weighted by atomic mass is 10.1.